The summed E-state index contributed by atoms with van der Waals surface area (Å²) in [6.45, 7) is 27.1. The minimum Gasteiger partial charge on any atom is -0.372 e. The van der Waals surface area contributed by atoms with Crippen molar-refractivity contribution in [3.63, 3.8) is 0 Å². The van der Waals surface area contributed by atoms with E-state index in [2.05, 4.69) is 439 Å². The van der Waals surface area contributed by atoms with Crippen LogP contribution in [0.3, 0.4) is 0 Å². The first-order chi connectivity index (χ1) is 61.5. The lowest BCUT2D eigenvalue weighted by atomic mass is 10.00. The molecule has 0 atom stereocenters. The first kappa shape index (κ1) is 89.3. The standard InChI is InChI=1S/C120H132N4Si/c1-9-17-81-121(82-18-10-2)109-69-57-101(58-70-109)45-41-93-25-33-97(34-26-93)49-53-105-65-77-117-113(89-105)114-90-106(54-50-98-35-27-94(28-36-98)42-46-102-59-71-110(72-60-102)122(83-19-11-3)84-20-12-4)66-78-118(114)125(117)119-79-67-107(55-51-99-37-29-95(30-38-99)43-47-103-61-73-111(74-62-103)123(85-21-13-5)86-22-14-6)91-115(119)116-92-108(68-80-120(116)125)56-52-100-39-31-96(32-40-100)44-48-104-63-75-112(76-64-104)124(87-23-15-7)88-24-16-8/h25-80,89-92H,9-24,81-88H2,1-8H3/b45-41+,46-42+,47-43+,48-44+,53-49+,54-50+,55-51+,56-52+. The van der Waals surface area contributed by atoms with Crippen LogP contribution < -0.4 is 40.3 Å². The van der Waals surface area contributed by atoms with Crippen LogP contribution in [0.5, 0.6) is 0 Å². The zero-order chi connectivity index (χ0) is 86.4. The number of benzene rings is 12. The smallest absolute Gasteiger partial charge is 0.182 e. The van der Waals surface area contributed by atoms with Gasteiger partial charge in [0.15, 0.2) is 8.07 Å². The van der Waals surface area contributed by atoms with E-state index in [1.165, 1.54) is 257 Å². The number of rotatable bonds is 44. The van der Waals surface area contributed by atoms with Crippen molar-refractivity contribution >= 4 is 149 Å². The van der Waals surface area contributed by atoms with Gasteiger partial charge in [-0.3, -0.25) is 0 Å². The molecule has 5 heteroatoms. The Bertz CT molecular complexity index is 4930. The van der Waals surface area contributed by atoms with Crippen LogP contribution in [0.4, 0.5) is 22.7 Å². The minimum absolute atomic E-state index is 1.11. The van der Waals surface area contributed by atoms with E-state index < -0.39 is 8.07 Å². The van der Waals surface area contributed by atoms with Gasteiger partial charge < -0.3 is 19.6 Å². The number of anilines is 4. The van der Waals surface area contributed by atoms with E-state index in [-0.39, 0.29) is 0 Å². The summed E-state index contributed by atoms with van der Waals surface area (Å²) in [5.41, 5.74) is 29.5. The van der Waals surface area contributed by atoms with Crippen LogP contribution >= 0.6 is 0 Å². The van der Waals surface area contributed by atoms with Crippen molar-refractivity contribution in [3.8, 4) is 22.3 Å². The summed E-state index contributed by atoms with van der Waals surface area (Å²) < 4.78 is 0. The van der Waals surface area contributed by atoms with E-state index >= 15 is 0 Å². The van der Waals surface area contributed by atoms with Gasteiger partial charge in [-0.15, -0.1) is 0 Å². The van der Waals surface area contributed by atoms with E-state index in [1.807, 2.05) is 0 Å². The lowest BCUT2D eigenvalue weighted by Gasteiger charge is -2.28. The van der Waals surface area contributed by atoms with Crippen molar-refractivity contribution in [1.29, 1.82) is 0 Å². The van der Waals surface area contributed by atoms with E-state index in [0.717, 1.165) is 52.4 Å². The zero-order valence-electron chi connectivity index (χ0n) is 75.9. The summed E-state index contributed by atoms with van der Waals surface area (Å²) >= 11 is 0. The van der Waals surface area contributed by atoms with E-state index in [4.69, 9.17) is 0 Å². The average Bonchev–Trinajstić information content (AvgIpc) is 1.51. The summed E-state index contributed by atoms with van der Waals surface area (Å²) in [4.78, 5) is 10.2. The molecule has 12 aromatic carbocycles. The van der Waals surface area contributed by atoms with Crippen LogP contribution in [-0.4, -0.2) is 60.4 Å². The second-order valence-electron chi connectivity index (χ2n) is 34.4. The number of hydrogen-bond donors (Lipinski definition) is 0. The van der Waals surface area contributed by atoms with Gasteiger partial charge in [-0.2, -0.15) is 0 Å². The maximum atomic E-state index is 2.56. The molecule has 0 saturated carbocycles. The number of fused-ring (bicyclic) bond motifs is 10. The molecule has 14 rings (SSSR count). The Hall–Kier alpha value is -12.0. The van der Waals surface area contributed by atoms with Crippen molar-refractivity contribution in [2.45, 2.75) is 158 Å². The van der Waals surface area contributed by atoms with Crippen molar-refractivity contribution in [2.75, 3.05) is 72.0 Å². The molecule has 2 aliphatic rings. The molecule has 0 fully saturated rings. The van der Waals surface area contributed by atoms with Crippen molar-refractivity contribution in [1.82, 2.24) is 0 Å². The van der Waals surface area contributed by atoms with Crippen LogP contribution in [0.25, 0.3) is 119 Å². The minimum atomic E-state index is -2.95. The molecule has 0 N–H and O–H groups in total. The van der Waals surface area contributed by atoms with Gasteiger partial charge in [0.25, 0.3) is 0 Å². The van der Waals surface area contributed by atoms with Crippen LogP contribution in [0.15, 0.2) is 267 Å². The molecule has 2 aliphatic heterocycles. The number of nitrogens with zero attached hydrogens (tertiary/aromatic N) is 4. The Morgan fingerprint density at radius 1 is 0.160 bits per heavy atom. The molecule has 1 spiro atoms. The van der Waals surface area contributed by atoms with E-state index in [1.54, 1.807) is 0 Å². The van der Waals surface area contributed by atoms with Crippen LogP contribution in [0, 0.1) is 0 Å². The van der Waals surface area contributed by atoms with Gasteiger partial charge in [-0.05, 0) is 256 Å². The quantitative estimate of drug-likeness (QED) is 0.0279. The third kappa shape index (κ3) is 23.5. The lowest BCUT2D eigenvalue weighted by molar-refractivity contribution is 0.678. The molecule has 0 saturated heterocycles. The third-order valence-electron chi connectivity index (χ3n) is 25.1. The predicted octanol–water partition coefficient (Wildman–Crippen LogP) is 30.0. The number of hydrogen-bond acceptors (Lipinski definition) is 4. The number of unbranched alkanes of at least 4 members (excludes halogenated alkanes) is 8. The van der Waals surface area contributed by atoms with E-state index in [0.29, 0.717) is 0 Å². The van der Waals surface area contributed by atoms with Crippen molar-refractivity contribution in [3.05, 3.63) is 356 Å². The van der Waals surface area contributed by atoms with Crippen molar-refractivity contribution in [2.24, 2.45) is 0 Å². The Labute approximate surface area is 751 Å². The highest BCUT2D eigenvalue weighted by atomic mass is 28.3. The molecule has 0 aliphatic carbocycles. The average molecular weight is 1660 g/mol. The van der Waals surface area contributed by atoms with Crippen LogP contribution in [-0.2, 0) is 0 Å². The van der Waals surface area contributed by atoms with Gasteiger partial charge in [0.2, 0.25) is 0 Å². The van der Waals surface area contributed by atoms with Gasteiger partial charge in [0.1, 0.15) is 0 Å². The Morgan fingerprint density at radius 2 is 0.280 bits per heavy atom. The molecule has 2 heterocycles. The second kappa shape index (κ2) is 45.6. The van der Waals surface area contributed by atoms with E-state index in [9.17, 15) is 0 Å². The molecule has 125 heavy (non-hydrogen) atoms. The topological polar surface area (TPSA) is 13.0 Å². The zero-order valence-corrected chi connectivity index (χ0v) is 76.9. The molecule has 0 unspecified atom stereocenters. The summed E-state index contributed by atoms with van der Waals surface area (Å²) in [6.07, 6.45) is 55.7. The molecule has 12 aromatic rings. The lowest BCUT2D eigenvalue weighted by Crippen LogP contribution is -2.70. The van der Waals surface area contributed by atoms with Crippen LogP contribution in [0.1, 0.15) is 247 Å². The first-order valence-corrected chi connectivity index (χ1v) is 49.4. The normalized spacial score (nSPS) is 12.7. The second-order valence-corrected chi connectivity index (χ2v) is 38.1. The summed E-state index contributed by atoms with van der Waals surface area (Å²) in [5.74, 6) is 0. The Morgan fingerprint density at radius 3 is 0.416 bits per heavy atom. The summed E-state index contributed by atoms with van der Waals surface area (Å²) in [7, 11) is -2.95. The fourth-order valence-electron chi connectivity index (χ4n) is 17.6. The maximum absolute atomic E-state index is 2.95. The van der Waals surface area contributed by atoms with Gasteiger partial charge in [-0.25, -0.2) is 0 Å². The van der Waals surface area contributed by atoms with Gasteiger partial charge in [0, 0.05) is 75.1 Å². The Balaban J connectivity index is 0.776. The molecular formula is C120H132N4Si. The summed E-state index contributed by atoms with van der Waals surface area (Å²) in [5, 5.41) is 5.77. The molecule has 4 nitrogen and oxygen atoms in total. The van der Waals surface area contributed by atoms with Gasteiger partial charge in [-0.1, -0.05) is 398 Å². The first-order valence-electron chi connectivity index (χ1n) is 47.4. The molecule has 0 aromatic heterocycles. The SMILES string of the molecule is CCCCN(CCCC)c1ccc(/C=C/c2ccc(/C=C/c3ccc4c(c3)-c3cc(/C=C/c5ccc(/C=C/c6ccc(N(CCCC)CCCC)cc6)cc5)ccc3[Si]43c4ccc(/C=C/c5ccc(/C=C/c6ccc(N(CCCC)CCCC)cc6)cc5)cc4-c4cc(/C=C/c5ccc(/C=C/c6ccc(N(CCCC)CCCC)cc6)cc5)ccc43)cc2)cc1. The molecule has 0 bridgehead atoms. The maximum Gasteiger partial charge on any atom is 0.182 e. The highest BCUT2D eigenvalue weighted by Crippen LogP contribution is 2.39. The highest BCUT2D eigenvalue weighted by Gasteiger charge is 2.54. The monoisotopic (exact) mass is 1660 g/mol. The van der Waals surface area contributed by atoms with Crippen LogP contribution in [0.2, 0.25) is 0 Å². The fraction of sp³-hybridized carbons (Fsp3) is 0.267. The van der Waals surface area contributed by atoms with Crippen molar-refractivity contribution < 1.29 is 0 Å². The summed E-state index contributed by atoms with van der Waals surface area (Å²) in [6, 6.07) is 102. The van der Waals surface area contributed by atoms with Gasteiger partial charge in [0.05, 0.1) is 0 Å². The largest absolute Gasteiger partial charge is 0.372 e. The Kier molecular flexibility index (Phi) is 32.5. The molecule has 636 valence electrons. The third-order valence-corrected chi connectivity index (χ3v) is 30.1. The predicted molar refractivity (Wildman–Crippen MR) is 559 cm³/mol. The molecular weight excluding hydrogens is 1530 g/mol. The molecule has 0 amide bonds. The van der Waals surface area contributed by atoms with Gasteiger partial charge >= 0.3 is 0 Å². The fourth-order valence-corrected chi connectivity index (χ4v) is 23.1. The molecule has 0 radical (unpaired) electrons. The highest BCUT2D eigenvalue weighted by molar-refractivity contribution is 7.24.